The van der Waals surface area contributed by atoms with Crippen molar-refractivity contribution < 1.29 is 19.4 Å². The SMILES string of the molecule is COCC(C)CC(=O)N1C(C(=O)O)CSC1C(C)C. The van der Waals surface area contributed by atoms with Gasteiger partial charge in [0, 0.05) is 25.9 Å². The summed E-state index contributed by atoms with van der Waals surface area (Å²) in [4.78, 5) is 25.2. The molecule has 1 rings (SSSR count). The first-order valence-electron chi connectivity index (χ1n) is 6.53. The maximum Gasteiger partial charge on any atom is 0.327 e. The summed E-state index contributed by atoms with van der Waals surface area (Å²) >= 11 is 1.56. The number of aliphatic carboxylic acids is 1. The molecule has 0 aromatic heterocycles. The molecular weight excluding hydrogens is 266 g/mol. The molecule has 0 bridgehead atoms. The van der Waals surface area contributed by atoms with Crippen molar-refractivity contribution >= 4 is 23.6 Å². The number of hydrogen-bond donors (Lipinski definition) is 1. The molecule has 1 heterocycles. The van der Waals surface area contributed by atoms with E-state index in [1.807, 2.05) is 20.8 Å². The van der Waals surface area contributed by atoms with E-state index in [0.717, 1.165) is 0 Å². The fourth-order valence-electron chi connectivity index (χ4n) is 2.29. The van der Waals surface area contributed by atoms with Crippen molar-refractivity contribution in [1.29, 1.82) is 0 Å². The van der Waals surface area contributed by atoms with Crippen LogP contribution in [0.25, 0.3) is 0 Å². The van der Waals surface area contributed by atoms with Crippen LogP contribution in [0.1, 0.15) is 27.2 Å². The molecule has 5 nitrogen and oxygen atoms in total. The van der Waals surface area contributed by atoms with Gasteiger partial charge in [0.05, 0.1) is 5.37 Å². The molecule has 1 saturated heterocycles. The maximum absolute atomic E-state index is 12.4. The van der Waals surface area contributed by atoms with Crippen LogP contribution in [0.5, 0.6) is 0 Å². The molecule has 0 spiro atoms. The Morgan fingerprint density at radius 2 is 2.05 bits per heavy atom. The molecular formula is C13H23NO4S. The van der Waals surface area contributed by atoms with Crippen LogP contribution in [0.3, 0.4) is 0 Å². The molecule has 19 heavy (non-hydrogen) atoms. The Kier molecular flexibility index (Phi) is 6.13. The van der Waals surface area contributed by atoms with Crippen molar-refractivity contribution in [3.8, 4) is 0 Å². The van der Waals surface area contributed by atoms with Gasteiger partial charge in [-0.2, -0.15) is 0 Å². The summed E-state index contributed by atoms with van der Waals surface area (Å²) in [6.45, 7) is 6.48. The Bertz CT molecular complexity index is 335. The van der Waals surface area contributed by atoms with Gasteiger partial charge >= 0.3 is 5.97 Å². The third-order valence-corrected chi connectivity index (χ3v) is 4.77. The summed E-state index contributed by atoms with van der Waals surface area (Å²) in [5.74, 6) is -0.173. The highest BCUT2D eigenvalue weighted by atomic mass is 32.2. The van der Waals surface area contributed by atoms with Gasteiger partial charge in [0.2, 0.25) is 5.91 Å². The van der Waals surface area contributed by atoms with Gasteiger partial charge in [0.25, 0.3) is 0 Å². The highest BCUT2D eigenvalue weighted by Gasteiger charge is 2.42. The standard InChI is InChI=1S/C13H23NO4S/c1-8(2)12-14(10(7-19-12)13(16)17)11(15)5-9(3)6-18-4/h8-10,12H,5-7H2,1-4H3,(H,16,17). The zero-order valence-corrected chi connectivity index (χ0v) is 12.8. The molecule has 110 valence electrons. The Labute approximate surface area is 118 Å². The van der Waals surface area contributed by atoms with E-state index in [9.17, 15) is 14.7 Å². The molecule has 3 unspecified atom stereocenters. The third-order valence-electron chi connectivity index (χ3n) is 3.15. The lowest BCUT2D eigenvalue weighted by molar-refractivity contribution is -0.150. The molecule has 6 heteroatoms. The number of nitrogens with zero attached hydrogens (tertiary/aromatic N) is 1. The van der Waals surface area contributed by atoms with Crippen LogP contribution in [0.4, 0.5) is 0 Å². The van der Waals surface area contributed by atoms with E-state index in [0.29, 0.717) is 18.8 Å². The topological polar surface area (TPSA) is 66.8 Å². The van der Waals surface area contributed by atoms with Gasteiger partial charge < -0.3 is 14.7 Å². The van der Waals surface area contributed by atoms with E-state index in [-0.39, 0.29) is 23.1 Å². The van der Waals surface area contributed by atoms with E-state index >= 15 is 0 Å². The molecule has 0 saturated carbocycles. The molecule has 0 aromatic carbocycles. The third kappa shape index (κ3) is 4.11. The van der Waals surface area contributed by atoms with Gasteiger partial charge in [0.15, 0.2) is 0 Å². The monoisotopic (exact) mass is 289 g/mol. The van der Waals surface area contributed by atoms with Crippen LogP contribution in [0.2, 0.25) is 0 Å². The smallest absolute Gasteiger partial charge is 0.327 e. The van der Waals surface area contributed by atoms with Gasteiger partial charge in [0.1, 0.15) is 6.04 Å². The molecule has 1 aliphatic heterocycles. The molecule has 1 N–H and O–H groups in total. The number of amides is 1. The largest absolute Gasteiger partial charge is 0.480 e. The summed E-state index contributed by atoms with van der Waals surface area (Å²) < 4.78 is 5.02. The van der Waals surface area contributed by atoms with Crippen molar-refractivity contribution in [2.75, 3.05) is 19.5 Å². The first-order valence-corrected chi connectivity index (χ1v) is 7.57. The van der Waals surface area contributed by atoms with E-state index < -0.39 is 12.0 Å². The fourth-order valence-corrected chi connectivity index (χ4v) is 3.79. The molecule has 0 aromatic rings. The van der Waals surface area contributed by atoms with Gasteiger partial charge in [-0.15, -0.1) is 11.8 Å². The zero-order valence-electron chi connectivity index (χ0n) is 12.0. The summed E-state index contributed by atoms with van der Waals surface area (Å²) in [5.41, 5.74) is 0. The van der Waals surface area contributed by atoms with Crippen molar-refractivity contribution in [2.45, 2.75) is 38.6 Å². The maximum atomic E-state index is 12.4. The number of methoxy groups -OCH3 is 1. The predicted octanol–water partition coefficient (Wildman–Crippen LogP) is 1.67. The Balaban J connectivity index is 2.77. The van der Waals surface area contributed by atoms with Crippen LogP contribution in [0, 0.1) is 11.8 Å². The lowest BCUT2D eigenvalue weighted by Crippen LogP contribution is -2.47. The number of hydrogen-bond acceptors (Lipinski definition) is 4. The molecule has 1 fully saturated rings. The minimum atomic E-state index is -0.914. The fraction of sp³-hybridized carbons (Fsp3) is 0.846. The number of carbonyl (C=O) groups is 2. The quantitative estimate of drug-likeness (QED) is 0.805. The lowest BCUT2D eigenvalue weighted by Gasteiger charge is -2.30. The number of ether oxygens (including phenoxy) is 1. The van der Waals surface area contributed by atoms with E-state index in [4.69, 9.17) is 4.74 Å². The van der Waals surface area contributed by atoms with E-state index in [1.165, 1.54) is 0 Å². The average Bonchev–Trinajstić information content (AvgIpc) is 2.73. The van der Waals surface area contributed by atoms with Crippen LogP contribution in [-0.4, -0.2) is 52.8 Å². The number of carboxylic acid groups (broad SMARTS) is 1. The zero-order chi connectivity index (χ0) is 14.6. The molecule has 0 aliphatic carbocycles. The Morgan fingerprint density at radius 1 is 1.42 bits per heavy atom. The van der Waals surface area contributed by atoms with Crippen LogP contribution < -0.4 is 0 Å². The number of thioether (sulfide) groups is 1. The van der Waals surface area contributed by atoms with Crippen LogP contribution in [-0.2, 0) is 14.3 Å². The lowest BCUT2D eigenvalue weighted by atomic mass is 10.1. The second-order valence-electron chi connectivity index (χ2n) is 5.39. The van der Waals surface area contributed by atoms with E-state index in [1.54, 1.807) is 23.8 Å². The number of carbonyl (C=O) groups excluding carboxylic acids is 1. The Morgan fingerprint density at radius 3 is 2.53 bits per heavy atom. The first kappa shape index (κ1) is 16.3. The number of carboxylic acids is 1. The van der Waals surface area contributed by atoms with Crippen LogP contribution >= 0.6 is 11.8 Å². The average molecular weight is 289 g/mol. The summed E-state index contributed by atoms with van der Waals surface area (Å²) in [7, 11) is 1.60. The second kappa shape index (κ2) is 7.14. The minimum absolute atomic E-state index is 0.0386. The van der Waals surface area contributed by atoms with Crippen molar-refractivity contribution in [3.05, 3.63) is 0 Å². The number of rotatable bonds is 6. The van der Waals surface area contributed by atoms with Gasteiger partial charge in [-0.1, -0.05) is 20.8 Å². The normalized spacial score (nSPS) is 24.8. The molecule has 1 amide bonds. The highest BCUT2D eigenvalue weighted by molar-refractivity contribution is 8.00. The van der Waals surface area contributed by atoms with Crippen molar-refractivity contribution in [3.63, 3.8) is 0 Å². The Hall–Kier alpha value is -0.750. The van der Waals surface area contributed by atoms with Gasteiger partial charge in [-0.25, -0.2) is 4.79 Å². The minimum Gasteiger partial charge on any atom is -0.480 e. The summed E-state index contributed by atoms with van der Waals surface area (Å²) in [6, 6.07) is -0.695. The van der Waals surface area contributed by atoms with Gasteiger partial charge in [-0.05, 0) is 11.8 Å². The molecule has 1 aliphatic rings. The van der Waals surface area contributed by atoms with Crippen molar-refractivity contribution in [2.24, 2.45) is 11.8 Å². The highest BCUT2D eigenvalue weighted by Crippen LogP contribution is 2.34. The molecule has 3 atom stereocenters. The first-order chi connectivity index (χ1) is 8.88. The van der Waals surface area contributed by atoms with Crippen LogP contribution in [0.15, 0.2) is 0 Å². The van der Waals surface area contributed by atoms with E-state index in [2.05, 4.69) is 0 Å². The predicted molar refractivity (Wildman–Crippen MR) is 75.0 cm³/mol. The van der Waals surface area contributed by atoms with Gasteiger partial charge in [-0.3, -0.25) is 4.79 Å². The summed E-state index contributed by atoms with van der Waals surface area (Å²) in [6.07, 6.45) is 0.335. The molecule has 0 radical (unpaired) electrons. The summed E-state index contributed by atoms with van der Waals surface area (Å²) in [5, 5.41) is 9.20. The van der Waals surface area contributed by atoms with Crippen molar-refractivity contribution in [1.82, 2.24) is 4.90 Å². The second-order valence-corrected chi connectivity index (χ2v) is 6.54.